The third-order valence-corrected chi connectivity index (χ3v) is 4.23. The summed E-state index contributed by atoms with van der Waals surface area (Å²) < 4.78 is 5.21. The van der Waals surface area contributed by atoms with Crippen LogP contribution in [0.4, 0.5) is 0 Å². The van der Waals surface area contributed by atoms with Gasteiger partial charge < -0.3 is 9.64 Å². The molecule has 1 aliphatic heterocycles. The van der Waals surface area contributed by atoms with E-state index in [2.05, 4.69) is 9.97 Å². The molecule has 0 N–H and O–H groups in total. The summed E-state index contributed by atoms with van der Waals surface area (Å²) in [5.41, 5.74) is 1.62. The minimum Gasteiger partial charge on any atom is -0.480 e. The van der Waals surface area contributed by atoms with Gasteiger partial charge in [-0.3, -0.25) is 9.78 Å². The maximum atomic E-state index is 12.8. The smallest absolute Gasteiger partial charge is 0.259 e. The summed E-state index contributed by atoms with van der Waals surface area (Å²) in [7, 11) is 1.54. The van der Waals surface area contributed by atoms with E-state index in [4.69, 9.17) is 4.74 Å². The van der Waals surface area contributed by atoms with Crippen molar-refractivity contribution in [2.45, 2.75) is 19.3 Å². The van der Waals surface area contributed by atoms with E-state index < -0.39 is 0 Å². The van der Waals surface area contributed by atoms with E-state index in [1.807, 2.05) is 29.3 Å². The van der Waals surface area contributed by atoms with Gasteiger partial charge in [0, 0.05) is 31.2 Å². The minimum atomic E-state index is 0.000621. The van der Waals surface area contributed by atoms with Crippen molar-refractivity contribution < 1.29 is 9.53 Å². The normalized spacial score (nSPS) is 17.8. The standard InChI is InChI=1S/C18H21N3O2/c1-23-17-16(8-4-10-20-17)18(22)21-11-5-6-14(13-21)12-15-7-2-3-9-19-15/h2-4,7-10,14H,5-6,11-13H2,1H3/t14-/m1/s1. The molecule has 0 bridgehead atoms. The second-order valence-corrected chi connectivity index (χ2v) is 5.84. The van der Waals surface area contributed by atoms with Crippen molar-refractivity contribution >= 4 is 5.91 Å². The third kappa shape index (κ3) is 3.67. The number of carbonyl (C=O) groups excluding carboxylic acids is 1. The number of amides is 1. The SMILES string of the molecule is COc1ncccc1C(=O)N1CCC[C@H](Cc2ccccn2)C1. The average Bonchev–Trinajstić information content (AvgIpc) is 2.62. The minimum absolute atomic E-state index is 0.000621. The Bertz CT molecular complexity index is 660. The maximum Gasteiger partial charge on any atom is 0.259 e. The number of carbonyl (C=O) groups is 1. The van der Waals surface area contributed by atoms with Gasteiger partial charge in [-0.05, 0) is 49.4 Å². The molecule has 0 aromatic carbocycles. The van der Waals surface area contributed by atoms with Gasteiger partial charge in [-0.25, -0.2) is 4.98 Å². The van der Waals surface area contributed by atoms with E-state index in [1.165, 1.54) is 0 Å². The molecule has 1 atom stereocenters. The van der Waals surface area contributed by atoms with Crippen LogP contribution in [0.1, 0.15) is 28.9 Å². The molecule has 0 radical (unpaired) electrons. The Labute approximate surface area is 136 Å². The molecule has 3 heterocycles. The largest absolute Gasteiger partial charge is 0.480 e. The summed E-state index contributed by atoms with van der Waals surface area (Å²) in [5.74, 6) is 0.843. The highest BCUT2D eigenvalue weighted by Crippen LogP contribution is 2.23. The van der Waals surface area contributed by atoms with Crippen molar-refractivity contribution in [1.82, 2.24) is 14.9 Å². The Morgan fingerprint density at radius 2 is 2.13 bits per heavy atom. The summed E-state index contributed by atoms with van der Waals surface area (Å²) in [6.45, 7) is 1.54. The first-order chi connectivity index (χ1) is 11.3. The van der Waals surface area contributed by atoms with Gasteiger partial charge >= 0.3 is 0 Å². The molecule has 2 aromatic rings. The van der Waals surface area contributed by atoms with Crippen LogP contribution in [0.15, 0.2) is 42.7 Å². The monoisotopic (exact) mass is 311 g/mol. The van der Waals surface area contributed by atoms with Crippen LogP contribution in [-0.2, 0) is 6.42 Å². The van der Waals surface area contributed by atoms with Crippen LogP contribution >= 0.6 is 0 Å². The molecule has 120 valence electrons. The fourth-order valence-electron chi connectivity index (χ4n) is 3.12. The van der Waals surface area contributed by atoms with Gasteiger partial charge in [-0.1, -0.05) is 6.07 Å². The highest BCUT2D eigenvalue weighted by Gasteiger charge is 2.26. The van der Waals surface area contributed by atoms with Crippen LogP contribution in [0, 0.1) is 5.92 Å². The fourth-order valence-corrected chi connectivity index (χ4v) is 3.12. The zero-order chi connectivity index (χ0) is 16.1. The Morgan fingerprint density at radius 1 is 1.26 bits per heavy atom. The number of piperidine rings is 1. The number of hydrogen-bond donors (Lipinski definition) is 0. The van der Waals surface area contributed by atoms with Gasteiger partial charge in [-0.2, -0.15) is 0 Å². The van der Waals surface area contributed by atoms with Crippen LogP contribution in [0.3, 0.4) is 0 Å². The molecule has 23 heavy (non-hydrogen) atoms. The van der Waals surface area contributed by atoms with Crippen molar-refractivity contribution in [3.8, 4) is 5.88 Å². The lowest BCUT2D eigenvalue weighted by molar-refractivity contribution is 0.0668. The molecule has 0 aliphatic carbocycles. The number of rotatable bonds is 4. The summed E-state index contributed by atoms with van der Waals surface area (Å²) in [4.78, 5) is 23.2. The Morgan fingerprint density at radius 3 is 2.91 bits per heavy atom. The van der Waals surface area contributed by atoms with E-state index in [1.54, 1.807) is 25.4 Å². The van der Waals surface area contributed by atoms with Crippen LogP contribution in [0.5, 0.6) is 5.88 Å². The van der Waals surface area contributed by atoms with Crippen LogP contribution in [0.2, 0.25) is 0 Å². The molecule has 1 aliphatic rings. The zero-order valence-electron chi connectivity index (χ0n) is 13.3. The number of ether oxygens (including phenoxy) is 1. The number of pyridine rings is 2. The molecule has 5 heteroatoms. The van der Waals surface area contributed by atoms with Gasteiger partial charge in [-0.15, -0.1) is 0 Å². The first kappa shape index (κ1) is 15.5. The Kier molecular flexibility index (Phi) is 4.86. The first-order valence-electron chi connectivity index (χ1n) is 7.96. The lowest BCUT2D eigenvalue weighted by atomic mass is 9.93. The summed E-state index contributed by atoms with van der Waals surface area (Å²) in [6.07, 6.45) is 6.52. The van der Waals surface area contributed by atoms with E-state index in [0.29, 0.717) is 17.4 Å². The fraction of sp³-hybridized carbons (Fsp3) is 0.389. The predicted molar refractivity (Wildman–Crippen MR) is 87.4 cm³/mol. The predicted octanol–water partition coefficient (Wildman–Crippen LogP) is 2.58. The lowest BCUT2D eigenvalue weighted by Crippen LogP contribution is -2.40. The van der Waals surface area contributed by atoms with Crippen molar-refractivity contribution in [3.63, 3.8) is 0 Å². The molecule has 0 spiro atoms. The Hall–Kier alpha value is -2.43. The quantitative estimate of drug-likeness (QED) is 0.871. The third-order valence-electron chi connectivity index (χ3n) is 4.23. The lowest BCUT2D eigenvalue weighted by Gasteiger charge is -2.33. The first-order valence-corrected chi connectivity index (χ1v) is 7.96. The van der Waals surface area contributed by atoms with E-state index >= 15 is 0 Å². The van der Waals surface area contributed by atoms with Gasteiger partial charge in [0.1, 0.15) is 5.56 Å². The molecule has 1 amide bonds. The molecule has 1 saturated heterocycles. The number of likely N-dealkylation sites (tertiary alicyclic amines) is 1. The number of hydrogen-bond acceptors (Lipinski definition) is 4. The maximum absolute atomic E-state index is 12.8. The number of methoxy groups -OCH3 is 1. The molecule has 0 saturated carbocycles. The molecular formula is C18H21N3O2. The topological polar surface area (TPSA) is 55.3 Å². The van der Waals surface area contributed by atoms with Gasteiger partial charge in [0.2, 0.25) is 5.88 Å². The zero-order valence-corrected chi connectivity index (χ0v) is 13.3. The molecule has 1 fully saturated rings. The molecular weight excluding hydrogens is 290 g/mol. The molecule has 3 rings (SSSR count). The van der Waals surface area contributed by atoms with Crippen molar-refractivity contribution in [3.05, 3.63) is 54.0 Å². The van der Waals surface area contributed by atoms with Crippen LogP contribution in [0.25, 0.3) is 0 Å². The van der Waals surface area contributed by atoms with E-state index in [0.717, 1.165) is 38.0 Å². The van der Waals surface area contributed by atoms with E-state index in [9.17, 15) is 4.79 Å². The van der Waals surface area contributed by atoms with Crippen LogP contribution in [-0.4, -0.2) is 41.0 Å². The van der Waals surface area contributed by atoms with Gasteiger partial charge in [0.25, 0.3) is 5.91 Å². The average molecular weight is 311 g/mol. The van der Waals surface area contributed by atoms with Crippen molar-refractivity contribution in [2.75, 3.05) is 20.2 Å². The van der Waals surface area contributed by atoms with Gasteiger partial charge in [0.15, 0.2) is 0 Å². The van der Waals surface area contributed by atoms with Gasteiger partial charge in [0.05, 0.1) is 7.11 Å². The second kappa shape index (κ2) is 7.22. The summed E-state index contributed by atoms with van der Waals surface area (Å²) >= 11 is 0. The van der Waals surface area contributed by atoms with Crippen molar-refractivity contribution in [2.24, 2.45) is 5.92 Å². The number of aromatic nitrogens is 2. The van der Waals surface area contributed by atoms with E-state index in [-0.39, 0.29) is 5.91 Å². The Balaban J connectivity index is 1.69. The summed E-state index contributed by atoms with van der Waals surface area (Å²) in [5, 5.41) is 0. The molecule has 0 unspecified atom stereocenters. The molecule has 5 nitrogen and oxygen atoms in total. The highest BCUT2D eigenvalue weighted by molar-refractivity contribution is 5.96. The van der Waals surface area contributed by atoms with Crippen molar-refractivity contribution in [1.29, 1.82) is 0 Å². The summed E-state index contributed by atoms with van der Waals surface area (Å²) in [6, 6.07) is 9.52. The second-order valence-electron chi connectivity index (χ2n) is 5.84. The molecule has 2 aromatic heterocycles. The highest BCUT2D eigenvalue weighted by atomic mass is 16.5. The van der Waals surface area contributed by atoms with Crippen LogP contribution < -0.4 is 4.74 Å². The number of nitrogens with zero attached hydrogens (tertiary/aromatic N) is 3.